The van der Waals surface area contributed by atoms with Gasteiger partial charge in [0.25, 0.3) is 5.56 Å². The number of rotatable bonds is 4. The van der Waals surface area contributed by atoms with Crippen LogP contribution < -0.4 is 10.9 Å². The number of thioether (sulfide) groups is 1. The number of halogens is 1. The topological polar surface area (TPSA) is 137 Å². The van der Waals surface area contributed by atoms with E-state index < -0.39 is 42.8 Å². The molecule has 0 spiro atoms. The van der Waals surface area contributed by atoms with Crippen LogP contribution in [0, 0.1) is 0 Å². The van der Waals surface area contributed by atoms with Gasteiger partial charge in [-0.1, -0.05) is 23.4 Å². The summed E-state index contributed by atoms with van der Waals surface area (Å²) in [6.07, 6.45) is -5.07. The number of hydrogen-bond donors (Lipinski definition) is 5. The number of aliphatic hydroxyl groups excluding tert-OH is 4. The highest BCUT2D eigenvalue weighted by Gasteiger charge is 2.43. The summed E-state index contributed by atoms with van der Waals surface area (Å²) in [6, 6.07) is 0. The molecule has 2 rings (SSSR count). The van der Waals surface area contributed by atoms with E-state index in [0.717, 1.165) is 0 Å². The van der Waals surface area contributed by atoms with E-state index in [1.54, 1.807) is 6.26 Å². The van der Waals surface area contributed by atoms with E-state index in [1.807, 2.05) is 0 Å². The number of aromatic nitrogens is 2. The average Bonchev–Trinajstić information content (AvgIpc) is 2.55. The van der Waals surface area contributed by atoms with Crippen LogP contribution in [0.2, 0.25) is 5.02 Å². The van der Waals surface area contributed by atoms with Crippen molar-refractivity contribution in [2.24, 2.45) is 7.05 Å². The van der Waals surface area contributed by atoms with E-state index in [-0.39, 0.29) is 10.8 Å². The van der Waals surface area contributed by atoms with Gasteiger partial charge in [0, 0.05) is 7.05 Å². The maximum atomic E-state index is 12.0. The predicted molar refractivity (Wildman–Crippen MR) is 83.7 cm³/mol. The Balaban J connectivity index is 2.31. The lowest BCUT2D eigenvalue weighted by Gasteiger charge is -2.40. The van der Waals surface area contributed by atoms with Crippen LogP contribution in [0.15, 0.2) is 9.95 Å². The van der Waals surface area contributed by atoms with E-state index in [9.17, 15) is 20.1 Å². The zero-order valence-electron chi connectivity index (χ0n) is 12.4. The second kappa shape index (κ2) is 7.34. The van der Waals surface area contributed by atoms with Gasteiger partial charge in [-0.25, -0.2) is 4.98 Å². The summed E-state index contributed by atoms with van der Waals surface area (Å²) in [5.41, 5.74) is -0.488. The highest BCUT2D eigenvalue weighted by Crippen LogP contribution is 2.25. The van der Waals surface area contributed by atoms with Crippen LogP contribution in [0.25, 0.3) is 0 Å². The Labute approximate surface area is 140 Å². The molecule has 130 valence electrons. The van der Waals surface area contributed by atoms with E-state index in [0.29, 0.717) is 5.16 Å². The van der Waals surface area contributed by atoms with Crippen LogP contribution >= 0.6 is 23.4 Å². The molecule has 0 saturated carbocycles. The molecule has 1 saturated heterocycles. The Bertz CT molecular complexity index is 628. The molecule has 5 atom stereocenters. The van der Waals surface area contributed by atoms with E-state index in [4.69, 9.17) is 21.4 Å². The Hall–Kier alpha value is -0.880. The summed E-state index contributed by atoms with van der Waals surface area (Å²) in [6.45, 7) is -0.559. The van der Waals surface area contributed by atoms with Gasteiger partial charge >= 0.3 is 0 Å². The van der Waals surface area contributed by atoms with Gasteiger partial charge in [0.1, 0.15) is 29.4 Å². The molecule has 23 heavy (non-hydrogen) atoms. The zero-order chi connectivity index (χ0) is 17.3. The van der Waals surface area contributed by atoms with Crippen molar-refractivity contribution in [2.45, 2.75) is 35.8 Å². The van der Waals surface area contributed by atoms with Gasteiger partial charge in [-0.3, -0.25) is 9.36 Å². The largest absolute Gasteiger partial charge is 0.394 e. The van der Waals surface area contributed by atoms with Crippen LogP contribution in [0.1, 0.15) is 0 Å². The molecule has 1 aromatic heterocycles. The van der Waals surface area contributed by atoms with Gasteiger partial charge < -0.3 is 30.5 Å². The molecule has 11 heteroatoms. The third-order valence-corrected chi connectivity index (χ3v) is 4.62. The summed E-state index contributed by atoms with van der Waals surface area (Å²) in [7, 11) is 1.52. The van der Waals surface area contributed by atoms with Crippen LogP contribution in [-0.2, 0) is 11.8 Å². The molecule has 0 bridgehead atoms. The number of hydrogen-bond acceptors (Lipinski definition) is 9. The molecule has 0 radical (unpaired) electrons. The first-order valence-electron chi connectivity index (χ1n) is 6.69. The molecule has 0 amide bonds. The molecule has 0 aromatic carbocycles. The summed E-state index contributed by atoms with van der Waals surface area (Å²) in [4.78, 5) is 16.2. The van der Waals surface area contributed by atoms with Crippen LogP contribution in [0.5, 0.6) is 0 Å². The van der Waals surface area contributed by atoms with Crippen molar-refractivity contribution in [1.82, 2.24) is 9.55 Å². The molecule has 1 fully saturated rings. The van der Waals surface area contributed by atoms with Gasteiger partial charge in [0.2, 0.25) is 0 Å². The minimum atomic E-state index is -1.54. The third-order valence-electron chi connectivity index (χ3n) is 3.55. The molecule has 1 aliphatic heterocycles. The number of nitrogens with zero attached hydrogens (tertiary/aromatic N) is 2. The van der Waals surface area contributed by atoms with Crippen molar-refractivity contribution in [1.29, 1.82) is 0 Å². The summed E-state index contributed by atoms with van der Waals surface area (Å²) >= 11 is 7.19. The maximum absolute atomic E-state index is 12.0. The lowest BCUT2D eigenvalue weighted by atomic mass is 9.98. The highest BCUT2D eigenvalue weighted by molar-refractivity contribution is 7.98. The van der Waals surface area contributed by atoms with Gasteiger partial charge in [-0.05, 0) is 6.26 Å². The van der Waals surface area contributed by atoms with E-state index >= 15 is 0 Å². The van der Waals surface area contributed by atoms with Gasteiger partial charge in [-0.2, -0.15) is 0 Å². The highest BCUT2D eigenvalue weighted by atomic mass is 35.5. The van der Waals surface area contributed by atoms with Crippen molar-refractivity contribution < 1.29 is 25.2 Å². The number of ether oxygens (including phenoxy) is 1. The molecule has 0 unspecified atom stereocenters. The summed E-state index contributed by atoms with van der Waals surface area (Å²) in [5, 5.41) is 41.5. The fourth-order valence-electron chi connectivity index (χ4n) is 2.19. The molecule has 1 aromatic rings. The maximum Gasteiger partial charge on any atom is 0.274 e. The first kappa shape index (κ1) is 18.5. The molecule has 0 aliphatic carbocycles. The lowest BCUT2D eigenvalue weighted by Crippen LogP contribution is -2.60. The van der Waals surface area contributed by atoms with Crippen LogP contribution in [0.4, 0.5) is 5.82 Å². The summed E-state index contributed by atoms with van der Waals surface area (Å²) in [5.74, 6) is -0.0246. The van der Waals surface area contributed by atoms with Gasteiger partial charge in [0.15, 0.2) is 17.2 Å². The predicted octanol–water partition coefficient (Wildman–Crippen LogP) is -1.63. The fourth-order valence-corrected chi connectivity index (χ4v) is 2.95. The van der Waals surface area contributed by atoms with Crippen molar-refractivity contribution in [3.05, 3.63) is 15.4 Å². The van der Waals surface area contributed by atoms with E-state index in [1.165, 1.54) is 23.4 Å². The summed E-state index contributed by atoms with van der Waals surface area (Å²) < 4.78 is 6.57. The minimum absolute atomic E-state index is 0.0246. The molecule has 1 aliphatic rings. The van der Waals surface area contributed by atoms with Crippen LogP contribution in [0.3, 0.4) is 0 Å². The smallest absolute Gasteiger partial charge is 0.274 e. The molecular formula is C12H18ClN3O6S. The Morgan fingerprint density at radius 2 is 2.00 bits per heavy atom. The SMILES string of the molecule is CSc1nc(N[C@H]2O[C@@H](CO)[C@@H](O)[C@@H](O)[C@@H]2O)c(Cl)c(=O)n1C. The number of nitrogens with one attached hydrogen (secondary N) is 1. The first-order valence-corrected chi connectivity index (χ1v) is 8.29. The number of anilines is 1. The normalized spacial score (nSPS) is 31.2. The Morgan fingerprint density at radius 1 is 1.35 bits per heavy atom. The van der Waals surface area contributed by atoms with Crippen molar-refractivity contribution in [3.63, 3.8) is 0 Å². The molecule has 9 nitrogen and oxygen atoms in total. The zero-order valence-corrected chi connectivity index (χ0v) is 14.0. The average molecular weight is 368 g/mol. The van der Waals surface area contributed by atoms with Crippen molar-refractivity contribution in [2.75, 3.05) is 18.2 Å². The second-order valence-corrected chi connectivity index (χ2v) is 6.17. The third kappa shape index (κ3) is 3.48. The minimum Gasteiger partial charge on any atom is -0.394 e. The van der Waals surface area contributed by atoms with E-state index in [2.05, 4.69) is 10.3 Å². The van der Waals surface area contributed by atoms with Crippen molar-refractivity contribution >= 4 is 29.2 Å². The fraction of sp³-hybridized carbons (Fsp3) is 0.667. The molecule has 5 N–H and O–H groups in total. The Kier molecular flexibility index (Phi) is 5.89. The monoisotopic (exact) mass is 367 g/mol. The van der Waals surface area contributed by atoms with Gasteiger partial charge in [0.05, 0.1) is 6.61 Å². The van der Waals surface area contributed by atoms with Crippen LogP contribution in [-0.4, -0.2) is 73.5 Å². The first-order chi connectivity index (χ1) is 10.8. The molecule has 2 heterocycles. The Morgan fingerprint density at radius 3 is 2.57 bits per heavy atom. The lowest BCUT2D eigenvalue weighted by molar-refractivity contribution is -0.221. The quantitative estimate of drug-likeness (QED) is 0.313. The van der Waals surface area contributed by atoms with Gasteiger partial charge in [-0.15, -0.1) is 0 Å². The van der Waals surface area contributed by atoms with Crippen molar-refractivity contribution in [3.8, 4) is 0 Å². The number of aliphatic hydroxyl groups is 4. The molecular weight excluding hydrogens is 350 g/mol. The second-order valence-electron chi connectivity index (χ2n) is 5.02. The standard InChI is InChI=1S/C12H18ClN3O6S/c1-16-11(21)5(13)9(15-12(16)23-2)14-10-8(20)7(19)6(18)4(3-17)22-10/h4,6-8,10,14,17-20H,3H2,1-2H3/t4-,6+,7+,8-,10-/m0/s1.